The van der Waals surface area contributed by atoms with Gasteiger partial charge in [-0.25, -0.2) is 0 Å². The van der Waals surface area contributed by atoms with E-state index < -0.39 is 0 Å². The van der Waals surface area contributed by atoms with Crippen LogP contribution in [0.2, 0.25) is 0 Å². The van der Waals surface area contributed by atoms with Gasteiger partial charge in [-0.15, -0.1) is 0 Å². The maximum Gasteiger partial charge on any atom is 0.0116 e. The molecule has 1 atom stereocenters. The molecular formula is C15H31N. The Labute approximate surface area is 102 Å². The molecule has 1 rings (SSSR count). The highest BCUT2D eigenvalue weighted by atomic mass is 14.9. The standard InChI is InChI=1S/C15H31N/c1-5-12-16-14(15(2,3)4)11-10-13-8-6-7-9-13/h13-14,16H,5-12H2,1-4H3. The van der Waals surface area contributed by atoms with Gasteiger partial charge in [-0.3, -0.25) is 0 Å². The summed E-state index contributed by atoms with van der Waals surface area (Å²) >= 11 is 0. The fourth-order valence-electron chi connectivity index (χ4n) is 2.86. The van der Waals surface area contributed by atoms with Gasteiger partial charge in [0, 0.05) is 6.04 Å². The molecule has 0 heterocycles. The zero-order chi connectivity index (χ0) is 12.0. The smallest absolute Gasteiger partial charge is 0.0116 e. The van der Waals surface area contributed by atoms with E-state index in [-0.39, 0.29) is 0 Å². The zero-order valence-electron chi connectivity index (χ0n) is 11.8. The summed E-state index contributed by atoms with van der Waals surface area (Å²) in [5.41, 5.74) is 0.410. The second kappa shape index (κ2) is 6.64. The van der Waals surface area contributed by atoms with Crippen molar-refractivity contribution in [2.45, 2.75) is 78.7 Å². The quantitative estimate of drug-likeness (QED) is 0.708. The first kappa shape index (κ1) is 14.0. The third-order valence-electron chi connectivity index (χ3n) is 4.02. The third-order valence-corrected chi connectivity index (χ3v) is 4.02. The molecule has 0 amide bonds. The van der Waals surface area contributed by atoms with Crippen molar-refractivity contribution in [2.24, 2.45) is 11.3 Å². The Morgan fingerprint density at radius 1 is 1.19 bits per heavy atom. The molecule has 0 aromatic carbocycles. The molecule has 96 valence electrons. The Hall–Kier alpha value is -0.0400. The van der Waals surface area contributed by atoms with E-state index in [0.29, 0.717) is 11.5 Å². The van der Waals surface area contributed by atoms with Crippen LogP contribution in [0.15, 0.2) is 0 Å². The van der Waals surface area contributed by atoms with Gasteiger partial charge in [-0.1, -0.05) is 53.4 Å². The Morgan fingerprint density at radius 3 is 2.31 bits per heavy atom. The van der Waals surface area contributed by atoms with Crippen molar-refractivity contribution < 1.29 is 0 Å². The van der Waals surface area contributed by atoms with E-state index in [9.17, 15) is 0 Å². The Kier molecular flexibility index (Phi) is 5.82. The highest BCUT2D eigenvalue weighted by Gasteiger charge is 2.25. The van der Waals surface area contributed by atoms with Crippen molar-refractivity contribution in [1.29, 1.82) is 0 Å². The molecule has 0 radical (unpaired) electrons. The average molecular weight is 225 g/mol. The van der Waals surface area contributed by atoms with Crippen molar-refractivity contribution in [3.8, 4) is 0 Å². The number of hydrogen-bond acceptors (Lipinski definition) is 1. The van der Waals surface area contributed by atoms with Gasteiger partial charge in [-0.2, -0.15) is 0 Å². The summed E-state index contributed by atoms with van der Waals surface area (Å²) in [4.78, 5) is 0. The van der Waals surface area contributed by atoms with E-state index in [0.717, 1.165) is 5.92 Å². The molecule has 1 aliphatic rings. The molecule has 16 heavy (non-hydrogen) atoms. The van der Waals surface area contributed by atoms with Crippen molar-refractivity contribution >= 4 is 0 Å². The summed E-state index contributed by atoms with van der Waals surface area (Å²) in [5, 5.41) is 3.73. The fraction of sp³-hybridized carbons (Fsp3) is 1.00. The van der Waals surface area contributed by atoms with E-state index in [2.05, 4.69) is 33.0 Å². The van der Waals surface area contributed by atoms with Crippen molar-refractivity contribution in [2.75, 3.05) is 6.54 Å². The molecule has 0 aromatic heterocycles. The summed E-state index contributed by atoms with van der Waals surface area (Å²) in [6, 6.07) is 0.702. The molecule has 1 N–H and O–H groups in total. The number of nitrogens with one attached hydrogen (secondary N) is 1. The first-order valence-corrected chi connectivity index (χ1v) is 7.27. The minimum Gasteiger partial charge on any atom is -0.313 e. The SMILES string of the molecule is CCCNC(CCC1CCCC1)C(C)(C)C. The molecular weight excluding hydrogens is 194 g/mol. The highest BCUT2D eigenvalue weighted by molar-refractivity contribution is 4.82. The van der Waals surface area contributed by atoms with Gasteiger partial charge in [0.05, 0.1) is 0 Å². The van der Waals surface area contributed by atoms with E-state index in [4.69, 9.17) is 0 Å². The summed E-state index contributed by atoms with van der Waals surface area (Å²) in [6.07, 6.45) is 10.00. The van der Waals surface area contributed by atoms with Crippen molar-refractivity contribution in [3.63, 3.8) is 0 Å². The van der Waals surface area contributed by atoms with Crippen LogP contribution in [-0.4, -0.2) is 12.6 Å². The molecule has 1 aliphatic carbocycles. The van der Waals surface area contributed by atoms with Crippen molar-refractivity contribution in [1.82, 2.24) is 5.32 Å². The topological polar surface area (TPSA) is 12.0 Å². The maximum atomic E-state index is 3.73. The van der Waals surface area contributed by atoms with E-state index in [1.54, 1.807) is 0 Å². The van der Waals surface area contributed by atoms with Crippen LogP contribution in [0.3, 0.4) is 0 Å². The average Bonchev–Trinajstić information content (AvgIpc) is 2.68. The van der Waals surface area contributed by atoms with E-state index in [1.165, 1.54) is 51.5 Å². The van der Waals surface area contributed by atoms with E-state index in [1.807, 2.05) is 0 Å². The van der Waals surface area contributed by atoms with E-state index >= 15 is 0 Å². The lowest BCUT2D eigenvalue weighted by molar-refractivity contribution is 0.240. The predicted molar refractivity (Wildman–Crippen MR) is 72.7 cm³/mol. The summed E-state index contributed by atoms with van der Waals surface area (Å²) in [6.45, 7) is 10.5. The third kappa shape index (κ3) is 4.86. The Balaban J connectivity index is 2.31. The lowest BCUT2D eigenvalue weighted by Crippen LogP contribution is -2.40. The molecule has 0 aromatic rings. The second-order valence-electron chi connectivity index (χ2n) is 6.60. The van der Waals surface area contributed by atoms with Crippen LogP contribution in [0.5, 0.6) is 0 Å². The molecule has 1 nitrogen and oxygen atoms in total. The van der Waals surface area contributed by atoms with Crippen LogP contribution < -0.4 is 5.32 Å². The van der Waals surface area contributed by atoms with Crippen LogP contribution in [0.25, 0.3) is 0 Å². The van der Waals surface area contributed by atoms with Crippen LogP contribution in [0.4, 0.5) is 0 Å². The molecule has 0 bridgehead atoms. The fourth-order valence-corrected chi connectivity index (χ4v) is 2.86. The highest BCUT2D eigenvalue weighted by Crippen LogP contribution is 2.31. The molecule has 0 aliphatic heterocycles. The minimum atomic E-state index is 0.410. The first-order valence-electron chi connectivity index (χ1n) is 7.27. The lowest BCUT2D eigenvalue weighted by atomic mass is 9.82. The van der Waals surface area contributed by atoms with Gasteiger partial charge in [-0.05, 0) is 37.1 Å². The van der Waals surface area contributed by atoms with Gasteiger partial charge in [0.25, 0.3) is 0 Å². The second-order valence-corrected chi connectivity index (χ2v) is 6.60. The maximum absolute atomic E-state index is 3.73. The number of rotatable bonds is 6. The van der Waals surface area contributed by atoms with Gasteiger partial charge < -0.3 is 5.32 Å². The molecule has 1 heteroatoms. The van der Waals surface area contributed by atoms with Crippen LogP contribution in [-0.2, 0) is 0 Å². The largest absolute Gasteiger partial charge is 0.313 e. The van der Waals surface area contributed by atoms with Crippen LogP contribution in [0, 0.1) is 11.3 Å². The van der Waals surface area contributed by atoms with Crippen LogP contribution >= 0.6 is 0 Å². The number of hydrogen-bond donors (Lipinski definition) is 1. The normalized spacial score (nSPS) is 20.2. The molecule has 0 saturated heterocycles. The summed E-state index contributed by atoms with van der Waals surface area (Å²) in [7, 11) is 0. The molecule has 0 spiro atoms. The molecule has 1 fully saturated rings. The Bertz CT molecular complexity index is 174. The van der Waals surface area contributed by atoms with Gasteiger partial charge in [0.15, 0.2) is 0 Å². The molecule has 1 saturated carbocycles. The summed E-state index contributed by atoms with van der Waals surface area (Å²) in [5.74, 6) is 1.04. The van der Waals surface area contributed by atoms with Crippen LogP contribution in [0.1, 0.15) is 72.6 Å². The van der Waals surface area contributed by atoms with Gasteiger partial charge in [0.2, 0.25) is 0 Å². The van der Waals surface area contributed by atoms with Gasteiger partial charge in [0.1, 0.15) is 0 Å². The lowest BCUT2D eigenvalue weighted by Gasteiger charge is -2.32. The van der Waals surface area contributed by atoms with Gasteiger partial charge >= 0.3 is 0 Å². The minimum absolute atomic E-state index is 0.410. The Morgan fingerprint density at radius 2 is 1.81 bits per heavy atom. The first-order chi connectivity index (χ1) is 7.54. The zero-order valence-corrected chi connectivity index (χ0v) is 11.8. The van der Waals surface area contributed by atoms with Crippen molar-refractivity contribution in [3.05, 3.63) is 0 Å². The summed E-state index contributed by atoms with van der Waals surface area (Å²) < 4.78 is 0. The monoisotopic (exact) mass is 225 g/mol. The molecule has 1 unspecified atom stereocenters. The predicted octanol–water partition coefficient (Wildman–Crippen LogP) is 4.37.